The molecule has 0 amide bonds. The van der Waals surface area contributed by atoms with Gasteiger partial charge in [-0.05, 0) is 32.9 Å². The number of hydrogen-bond acceptors (Lipinski definition) is 4. The van der Waals surface area contributed by atoms with Gasteiger partial charge in [-0.3, -0.25) is 0 Å². The maximum Gasteiger partial charge on any atom is 0.248 e. The molecule has 0 saturated heterocycles. The number of hydrogen-bond donors (Lipinski definition) is 1. The third kappa shape index (κ3) is 3.48. The molecule has 0 spiro atoms. The number of nitrogens with zero attached hydrogens (tertiary/aromatic N) is 2. The lowest BCUT2D eigenvalue weighted by atomic mass is 9.87. The molecular weight excluding hydrogens is 240 g/mol. The van der Waals surface area contributed by atoms with Gasteiger partial charge in [-0.2, -0.15) is 0 Å². The fourth-order valence-electron chi connectivity index (χ4n) is 2.24. The van der Waals surface area contributed by atoms with E-state index in [1.807, 2.05) is 7.05 Å². The Labute approximate surface area is 105 Å². The normalized spacial score (nSPS) is 20.2. The van der Waals surface area contributed by atoms with Crippen LogP contribution in [-0.4, -0.2) is 29.7 Å². The van der Waals surface area contributed by atoms with E-state index in [2.05, 4.69) is 15.5 Å². The number of aromatic nitrogens is 2. The molecule has 0 unspecified atom stereocenters. The molecule has 1 aliphatic carbocycles. The number of alkyl halides is 2. The average molecular weight is 259 g/mol. The first-order chi connectivity index (χ1) is 8.61. The minimum absolute atomic E-state index is 0.00942. The minimum Gasteiger partial charge on any atom is -0.425 e. The zero-order valence-corrected chi connectivity index (χ0v) is 10.6. The summed E-state index contributed by atoms with van der Waals surface area (Å²) < 4.78 is 31.6. The Hall–Kier alpha value is -1.04. The second-order valence-corrected chi connectivity index (χ2v) is 4.87. The Morgan fingerprint density at radius 3 is 2.72 bits per heavy atom. The van der Waals surface area contributed by atoms with E-state index in [0.717, 1.165) is 19.4 Å². The van der Waals surface area contributed by atoms with E-state index in [1.54, 1.807) is 0 Å². The van der Waals surface area contributed by atoms with Gasteiger partial charge in [-0.15, -0.1) is 10.2 Å². The van der Waals surface area contributed by atoms with Gasteiger partial charge in [-0.1, -0.05) is 0 Å². The summed E-state index contributed by atoms with van der Waals surface area (Å²) in [7, 11) is 1.89. The molecule has 1 saturated carbocycles. The van der Waals surface area contributed by atoms with E-state index in [9.17, 15) is 8.78 Å². The zero-order chi connectivity index (χ0) is 13.0. The van der Waals surface area contributed by atoms with Gasteiger partial charge >= 0.3 is 0 Å². The third-order valence-electron chi connectivity index (χ3n) is 3.37. The van der Waals surface area contributed by atoms with Crippen LogP contribution in [0.4, 0.5) is 8.78 Å². The van der Waals surface area contributed by atoms with Gasteiger partial charge in [0.05, 0.1) is 0 Å². The molecule has 1 aromatic heterocycles. The maximum absolute atomic E-state index is 13.0. The second-order valence-electron chi connectivity index (χ2n) is 4.87. The zero-order valence-electron chi connectivity index (χ0n) is 10.6. The van der Waals surface area contributed by atoms with Crippen molar-refractivity contribution in [1.82, 2.24) is 15.5 Å². The second kappa shape index (κ2) is 5.73. The third-order valence-corrected chi connectivity index (χ3v) is 3.37. The molecule has 18 heavy (non-hydrogen) atoms. The molecule has 0 aliphatic heterocycles. The smallest absolute Gasteiger partial charge is 0.248 e. The summed E-state index contributed by atoms with van der Waals surface area (Å²) in [6.45, 7) is 0.896. The van der Waals surface area contributed by atoms with Crippen molar-refractivity contribution in [3.8, 4) is 0 Å². The van der Waals surface area contributed by atoms with Crippen molar-refractivity contribution in [2.75, 3.05) is 13.6 Å². The number of nitrogens with one attached hydrogen (secondary N) is 1. The van der Waals surface area contributed by atoms with Gasteiger partial charge < -0.3 is 9.73 Å². The van der Waals surface area contributed by atoms with Crippen LogP contribution in [0.15, 0.2) is 4.42 Å². The highest BCUT2D eigenvalue weighted by atomic mass is 19.3. The first-order valence-electron chi connectivity index (χ1n) is 6.45. The quantitative estimate of drug-likeness (QED) is 0.825. The first-order valence-corrected chi connectivity index (χ1v) is 6.45. The average Bonchev–Trinajstić information content (AvgIpc) is 2.78. The van der Waals surface area contributed by atoms with Gasteiger partial charge in [0, 0.05) is 25.2 Å². The van der Waals surface area contributed by atoms with Crippen LogP contribution in [0.2, 0.25) is 0 Å². The number of halogens is 2. The van der Waals surface area contributed by atoms with E-state index in [4.69, 9.17) is 4.42 Å². The molecule has 1 aliphatic rings. The van der Waals surface area contributed by atoms with Crippen molar-refractivity contribution in [3.63, 3.8) is 0 Å². The van der Waals surface area contributed by atoms with E-state index < -0.39 is 5.92 Å². The van der Waals surface area contributed by atoms with Crippen molar-refractivity contribution in [3.05, 3.63) is 11.8 Å². The molecule has 0 aromatic carbocycles. The van der Waals surface area contributed by atoms with Gasteiger partial charge in [0.2, 0.25) is 17.7 Å². The molecule has 0 atom stereocenters. The van der Waals surface area contributed by atoms with Gasteiger partial charge in [0.25, 0.3) is 0 Å². The van der Waals surface area contributed by atoms with E-state index >= 15 is 0 Å². The lowest BCUT2D eigenvalue weighted by Crippen LogP contribution is -2.23. The van der Waals surface area contributed by atoms with Gasteiger partial charge in [0.15, 0.2) is 0 Å². The molecule has 1 fully saturated rings. The standard InChI is InChI=1S/C12H19F2N3O/c1-15-8-2-3-10-16-17-11(18-10)9-4-6-12(13,14)7-5-9/h9,15H,2-8H2,1H3. The molecule has 102 valence electrons. The molecule has 1 aromatic rings. The van der Waals surface area contributed by atoms with E-state index in [-0.39, 0.29) is 18.8 Å². The van der Waals surface area contributed by atoms with Crippen LogP contribution in [-0.2, 0) is 6.42 Å². The van der Waals surface area contributed by atoms with Crippen molar-refractivity contribution < 1.29 is 13.2 Å². The van der Waals surface area contributed by atoms with Crippen LogP contribution in [0, 0.1) is 0 Å². The Balaban J connectivity index is 1.86. The highest BCUT2D eigenvalue weighted by Gasteiger charge is 2.37. The van der Waals surface area contributed by atoms with Crippen LogP contribution < -0.4 is 5.32 Å². The largest absolute Gasteiger partial charge is 0.425 e. The molecule has 6 heteroatoms. The van der Waals surface area contributed by atoms with E-state index in [1.165, 1.54) is 0 Å². The summed E-state index contributed by atoms with van der Waals surface area (Å²) in [5.41, 5.74) is 0. The SMILES string of the molecule is CNCCCc1nnc(C2CCC(F)(F)CC2)o1. The van der Waals surface area contributed by atoms with Gasteiger partial charge in [-0.25, -0.2) is 8.78 Å². The highest BCUT2D eigenvalue weighted by molar-refractivity contribution is 4.96. The lowest BCUT2D eigenvalue weighted by Gasteiger charge is -2.25. The summed E-state index contributed by atoms with van der Waals surface area (Å²) in [6, 6.07) is 0. The topological polar surface area (TPSA) is 51.0 Å². The molecule has 1 N–H and O–H groups in total. The minimum atomic E-state index is -2.51. The predicted octanol–water partition coefficient (Wildman–Crippen LogP) is 2.51. The molecule has 4 nitrogen and oxygen atoms in total. The van der Waals surface area contributed by atoms with Crippen molar-refractivity contribution in [2.24, 2.45) is 0 Å². The monoisotopic (exact) mass is 259 g/mol. The first kappa shape index (κ1) is 13.4. The summed E-state index contributed by atoms with van der Waals surface area (Å²) in [5.74, 6) is -1.36. The van der Waals surface area contributed by atoms with Crippen molar-refractivity contribution in [2.45, 2.75) is 50.4 Å². The van der Waals surface area contributed by atoms with Crippen LogP contribution in [0.25, 0.3) is 0 Å². The Kier molecular flexibility index (Phi) is 4.27. The van der Waals surface area contributed by atoms with Crippen molar-refractivity contribution >= 4 is 0 Å². The Bertz CT molecular complexity index is 371. The summed E-state index contributed by atoms with van der Waals surface area (Å²) >= 11 is 0. The Morgan fingerprint density at radius 2 is 2.06 bits per heavy atom. The van der Waals surface area contributed by atoms with Crippen LogP contribution in [0.3, 0.4) is 0 Å². The summed E-state index contributed by atoms with van der Waals surface area (Å²) in [5, 5.41) is 11.0. The fourth-order valence-corrected chi connectivity index (χ4v) is 2.24. The van der Waals surface area contributed by atoms with Crippen LogP contribution in [0.5, 0.6) is 0 Å². The van der Waals surface area contributed by atoms with Gasteiger partial charge in [0.1, 0.15) is 0 Å². The van der Waals surface area contributed by atoms with Crippen LogP contribution >= 0.6 is 0 Å². The lowest BCUT2D eigenvalue weighted by molar-refractivity contribution is -0.0399. The number of rotatable bonds is 5. The Morgan fingerprint density at radius 1 is 1.33 bits per heavy atom. The predicted molar refractivity (Wildman–Crippen MR) is 62.7 cm³/mol. The van der Waals surface area contributed by atoms with E-state index in [0.29, 0.717) is 24.6 Å². The fraction of sp³-hybridized carbons (Fsp3) is 0.833. The number of aryl methyl sites for hydroxylation is 1. The molecule has 0 bridgehead atoms. The molecular formula is C12H19F2N3O. The summed E-state index contributed by atoms with van der Waals surface area (Å²) in [6.07, 6.45) is 2.39. The maximum atomic E-state index is 13.0. The van der Waals surface area contributed by atoms with Crippen LogP contribution in [0.1, 0.15) is 49.8 Å². The van der Waals surface area contributed by atoms with Crippen molar-refractivity contribution in [1.29, 1.82) is 0 Å². The summed E-state index contributed by atoms with van der Waals surface area (Å²) in [4.78, 5) is 0. The molecule has 0 radical (unpaired) electrons. The highest BCUT2D eigenvalue weighted by Crippen LogP contribution is 2.40. The molecule has 1 heterocycles. The molecule has 2 rings (SSSR count).